The molecule has 2 aromatic rings. The smallest absolute Gasteiger partial charge is 0.276 e. The van der Waals surface area contributed by atoms with Gasteiger partial charge < -0.3 is 10.2 Å². The predicted molar refractivity (Wildman–Crippen MR) is 107 cm³/mol. The van der Waals surface area contributed by atoms with Crippen LogP contribution in [0.3, 0.4) is 0 Å². The Labute approximate surface area is 164 Å². The Morgan fingerprint density at radius 3 is 2.82 bits per heavy atom. The highest BCUT2D eigenvalue weighted by atomic mass is 16.2. The topological polar surface area (TPSA) is 70.5 Å². The summed E-state index contributed by atoms with van der Waals surface area (Å²) < 4.78 is 1.83. The fourth-order valence-corrected chi connectivity index (χ4v) is 3.98. The zero-order chi connectivity index (χ0) is 19.5. The fraction of sp³-hybridized carbons (Fsp3) is 0.381. The number of nitrogens with zero attached hydrogens (tertiary/aromatic N) is 4. The van der Waals surface area contributed by atoms with Gasteiger partial charge in [-0.1, -0.05) is 24.3 Å². The maximum absolute atomic E-state index is 13.0. The minimum Gasteiger partial charge on any atom is -0.334 e. The first-order valence-electron chi connectivity index (χ1n) is 9.72. The van der Waals surface area contributed by atoms with Gasteiger partial charge in [0.05, 0.1) is 24.8 Å². The third kappa shape index (κ3) is 3.71. The molecule has 1 fully saturated rings. The van der Waals surface area contributed by atoms with E-state index in [1.54, 1.807) is 6.07 Å². The molecule has 0 saturated carbocycles. The molecule has 2 aliphatic rings. The quantitative estimate of drug-likeness (QED) is 0.808. The summed E-state index contributed by atoms with van der Waals surface area (Å²) in [7, 11) is 0. The molecule has 1 aromatic carbocycles. The molecule has 146 valence electrons. The van der Waals surface area contributed by atoms with Gasteiger partial charge in [-0.2, -0.15) is 5.10 Å². The molecule has 0 unspecified atom stereocenters. The van der Waals surface area contributed by atoms with Crippen LogP contribution in [-0.4, -0.2) is 57.1 Å². The van der Waals surface area contributed by atoms with E-state index < -0.39 is 0 Å². The van der Waals surface area contributed by atoms with E-state index in [2.05, 4.69) is 21.9 Å². The Hall–Kier alpha value is -2.93. The lowest BCUT2D eigenvalue weighted by molar-refractivity contribution is -0.137. The van der Waals surface area contributed by atoms with E-state index in [9.17, 15) is 9.59 Å². The summed E-state index contributed by atoms with van der Waals surface area (Å²) in [6.07, 6.45) is 3.79. The number of carbonyl (C=O) groups is 2. The van der Waals surface area contributed by atoms with Crippen molar-refractivity contribution in [2.75, 3.05) is 25.0 Å². The summed E-state index contributed by atoms with van der Waals surface area (Å²) in [6.45, 7) is 7.19. The number of carbonyl (C=O) groups excluding carboxylic acids is 2. The average molecular weight is 379 g/mol. The van der Waals surface area contributed by atoms with Crippen molar-refractivity contribution in [3.63, 3.8) is 0 Å². The molecule has 1 atom stereocenters. The van der Waals surface area contributed by atoms with Gasteiger partial charge in [0.2, 0.25) is 5.91 Å². The SMILES string of the molecule is C=CCN1CCC[C@H]1C(=O)N1CCn2nc(C(=O)Nc3ccccc3)cc2C1. The first-order chi connectivity index (χ1) is 13.7. The highest BCUT2D eigenvalue weighted by molar-refractivity contribution is 6.02. The summed E-state index contributed by atoms with van der Waals surface area (Å²) in [5.41, 5.74) is 2.01. The minimum atomic E-state index is -0.237. The van der Waals surface area contributed by atoms with E-state index >= 15 is 0 Å². The van der Waals surface area contributed by atoms with E-state index in [-0.39, 0.29) is 17.9 Å². The van der Waals surface area contributed by atoms with Crippen LogP contribution in [0, 0.1) is 0 Å². The number of benzene rings is 1. The molecular weight excluding hydrogens is 354 g/mol. The third-order valence-electron chi connectivity index (χ3n) is 5.39. The number of rotatable bonds is 5. The number of nitrogens with one attached hydrogen (secondary N) is 1. The highest BCUT2D eigenvalue weighted by Gasteiger charge is 2.34. The summed E-state index contributed by atoms with van der Waals surface area (Å²) in [4.78, 5) is 29.6. The lowest BCUT2D eigenvalue weighted by atomic mass is 10.1. The number of aromatic nitrogens is 2. The predicted octanol–water partition coefficient (Wildman–Crippen LogP) is 2.13. The number of amides is 2. The Morgan fingerprint density at radius 1 is 1.21 bits per heavy atom. The van der Waals surface area contributed by atoms with Crippen LogP contribution < -0.4 is 5.32 Å². The van der Waals surface area contributed by atoms with Crippen molar-refractivity contribution in [2.24, 2.45) is 0 Å². The van der Waals surface area contributed by atoms with E-state index in [0.29, 0.717) is 25.3 Å². The molecule has 0 aliphatic carbocycles. The van der Waals surface area contributed by atoms with E-state index in [4.69, 9.17) is 0 Å². The van der Waals surface area contributed by atoms with Crippen molar-refractivity contribution < 1.29 is 9.59 Å². The van der Waals surface area contributed by atoms with Crippen molar-refractivity contribution in [1.82, 2.24) is 19.6 Å². The highest BCUT2D eigenvalue weighted by Crippen LogP contribution is 2.22. The second kappa shape index (κ2) is 7.98. The lowest BCUT2D eigenvalue weighted by Gasteiger charge is -2.32. The van der Waals surface area contributed by atoms with Crippen molar-refractivity contribution >= 4 is 17.5 Å². The molecule has 1 aromatic heterocycles. The van der Waals surface area contributed by atoms with Gasteiger partial charge in [0.25, 0.3) is 5.91 Å². The van der Waals surface area contributed by atoms with Gasteiger partial charge in [0.15, 0.2) is 5.69 Å². The number of fused-ring (bicyclic) bond motifs is 1. The molecule has 1 N–H and O–H groups in total. The molecular formula is C21H25N5O2. The zero-order valence-electron chi connectivity index (χ0n) is 15.9. The number of para-hydroxylation sites is 1. The Balaban J connectivity index is 1.43. The third-order valence-corrected chi connectivity index (χ3v) is 5.39. The standard InChI is InChI=1S/C21H25N5O2/c1-2-10-24-11-6-9-19(24)21(28)25-12-13-26-17(15-25)14-18(23-26)20(27)22-16-7-4-3-5-8-16/h2-5,7-8,14,19H,1,6,9-13,15H2,(H,22,27)/t19-/m0/s1. The lowest BCUT2D eigenvalue weighted by Crippen LogP contribution is -2.48. The summed E-state index contributed by atoms with van der Waals surface area (Å²) in [5.74, 6) is -0.0685. The maximum atomic E-state index is 13.0. The van der Waals surface area contributed by atoms with Crippen molar-refractivity contribution in [3.8, 4) is 0 Å². The molecule has 2 amide bonds. The van der Waals surface area contributed by atoms with Gasteiger partial charge in [0.1, 0.15) is 0 Å². The number of anilines is 1. The van der Waals surface area contributed by atoms with E-state index in [0.717, 1.165) is 37.3 Å². The Kier molecular flexibility index (Phi) is 5.25. The van der Waals surface area contributed by atoms with Gasteiger partial charge in [-0.05, 0) is 37.6 Å². The van der Waals surface area contributed by atoms with Gasteiger partial charge >= 0.3 is 0 Å². The molecule has 0 spiro atoms. The normalized spacial score (nSPS) is 19.3. The summed E-state index contributed by atoms with van der Waals surface area (Å²) in [6, 6.07) is 11.0. The monoisotopic (exact) mass is 379 g/mol. The second-order valence-electron chi connectivity index (χ2n) is 7.27. The Bertz CT molecular complexity index is 876. The largest absolute Gasteiger partial charge is 0.334 e. The van der Waals surface area contributed by atoms with Crippen LogP contribution in [0.25, 0.3) is 0 Å². The van der Waals surface area contributed by atoms with Gasteiger partial charge in [-0.25, -0.2) is 0 Å². The van der Waals surface area contributed by atoms with Crippen LogP contribution in [0.1, 0.15) is 29.0 Å². The van der Waals surface area contributed by atoms with Crippen LogP contribution in [0.4, 0.5) is 5.69 Å². The van der Waals surface area contributed by atoms with Gasteiger partial charge in [0, 0.05) is 18.8 Å². The van der Waals surface area contributed by atoms with Crippen LogP contribution in [0.2, 0.25) is 0 Å². The molecule has 28 heavy (non-hydrogen) atoms. The Morgan fingerprint density at radius 2 is 2.04 bits per heavy atom. The van der Waals surface area contributed by atoms with Crippen LogP contribution in [-0.2, 0) is 17.9 Å². The first-order valence-corrected chi connectivity index (χ1v) is 9.72. The number of likely N-dealkylation sites (tertiary alicyclic amines) is 1. The molecule has 1 saturated heterocycles. The molecule has 3 heterocycles. The van der Waals surface area contributed by atoms with Crippen LogP contribution in [0.15, 0.2) is 49.1 Å². The zero-order valence-corrected chi connectivity index (χ0v) is 15.9. The van der Waals surface area contributed by atoms with Gasteiger partial charge in [-0.3, -0.25) is 19.2 Å². The molecule has 2 aliphatic heterocycles. The van der Waals surface area contributed by atoms with E-state index in [1.807, 2.05) is 46.0 Å². The maximum Gasteiger partial charge on any atom is 0.276 e. The molecule has 7 nitrogen and oxygen atoms in total. The van der Waals surface area contributed by atoms with Gasteiger partial charge in [-0.15, -0.1) is 6.58 Å². The minimum absolute atomic E-state index is 0.0617. The molecule has 0 bridgehead atoms. The second-order valence-corrected chi connectivity index (χ2v) is 7.27. The molecule has 0 radical (unpaired) electrons. The van der Waals surface area contributed by atoms with E-state index in [1.165, 1.54) is 0 Å². The first kappa shape index (κ1) is 18.4. The van der Waals surface area contributed by atoms with Crippen molar-refractivity contribution in [3.05, 3.63) is 60.4 Å². The molecule has 7 heteroatoms. The summed E-state index contributed by atoms with van der Waals surface area (Å²) in [5, 5.41) is 7.28. The van der Waals surface area contributed by atoms with Crippen LogP contribution >= 0.6 is 0 Å². The average Bonchev–Trinajstić information content (AvgIpc) is 3.35. The van der Waals surface area contributed by atoms with Crippen molar-refractivity contribution in [2.45, 2.75) is 32.0 Å². The number of hydrogen-bond acceptors (Lipinski definition) is 4. The summed E-state index contributed by atoms with van der Waals surface area (Å²) >= 11 is 0. The molecule has 4 rings (SSSR count). The number of hydrogen-bond donors (Lipinski definition) is 1. The fourth-order valence-electron chi connectivity index (χ4n) is 3.98. The van der Waals surface area contributed by atoms with Crippen molar-refractivity contribution in [1.29, 1.82) is 0 Å². The van der Waals surface area contributed by atoms with Crippen LogP contribution in [0.5, 0.6) is 0 Å².